The van der Waals surface area contributed by atoms with Crippen molar-refractivity contribution < 1.29 is 14.2 Å². The summed E-state index contributed by atoms with van der Waals surface area (Å²) in [5.41, 5.74) is 2.30. The first kappa shape index (κ1) is 23.1. The van der Waals surface area contributed by atoms with Crippen LogP contribution in [0.3, 0.4) is 0 Å². The first-order valence-electron chi connectivity index (χ1n) is 11.1. The second kappa shape index (κ2) is 13.0. The van der Waals surface area contributed by atoms with E-state index in [0.29, 0.717) is 32.3 Å². The van der Waals surface area contributed by atoms with Crippen molar-refractivity contribution in [1.82, 2.24) is 10.2 Å². The Morgan fingerprint density at radius 3 is 2.74 bits per heavy atom. The summed E-state index contributed by atoms with van der Waals surface area (Å²) in [6.45, 7) is 8.20. The van der Waals surface area contributed by atoms with E-state index in [-0.39, 0.29) is 0 Å². The van der Waals surface area contributed by atoms with Crippen LogP contribution in [0.1, 0.15) is 24.5 Å². The van der Waals surface area contributed by atoms with E-state index in [4.69, 9.17) is 19.2 Å². The predicted molar refractivity (Wildman–Crippen MR) is 124 cm³/mol. The van der Waals surface area contributed by atoms with Gasteiger partial charge in [0, 0.05) is 32.7 Å². The third-order valence-corrected chi connectivity index (χ3v) is 5.26. The minimum atomic E-state index is 0.537. The molecule has 0 amide bonds. The third kappa shape index (κ3) is 7.89. The first-order chi connectivity index (χ1) is 15.3. The number of likely N-dealkylation sites (tertiary alicyclic amines) is 1. The summed E-state index contributed by atoms with van der Waals surface area (Å²) in [7, 11) is 1.70. The molecule has 1 heterocycles. The highest BCUT2D eigenvalue weighted by Crippen LogP contribution is 2.18. The van der Waals surface area contributed by atoms with Gasteiger partial charge in [-0.3, -0.25) is 0 Å². The highest BCUT2D eigenvalue weighted by atomic mass is 16.5. The number of nitrogens with zero attached hydrogens (tertiary/aromatic N) is 2. The summed E-state index contributed by atoms with van der Waals surface area (Å²) in [5, 5.41) is 3.44. The molecule has 1 N–H and O–H groups in total. The summed E-state index contributed by atoms with van der Waals surface area (Å²) in [6, 6.07) is 18.4. The van der Waals surface area contributed by atoms with E-state index >= 15 is 0 Å². The van der Waals surface area contributed by atoms with Gasteiger partial charge >= 0.3 is 0 Å². The molecule has 2 aromatic rings. The van der Waals surface area contributed by atoms with Crippen LogP contribution < -0.4 is 10.1 Å². The smallest absolute Gasteiger partial charge is 0.194 e. The summed E-state index contributed by atoms with van der Waals surface area (Å²) in [6.07, 6.45) is 1.13. The maximum Gasteiger partial charge on any atom is 0.194 e. The number of hydrogen-bond donors (Lipinski definition) is 1. The van der Waals surface area contributed by atoms with Crippen LogP contribution in [0.15, 0.2) is 59.6 Å². The second-order valence-corrected chi connectivity index (χ2v) is 7.76. The summed E-state index contributed by atoms with van der Waals surface area (Å²) in [4.78, 5) is 7.22. The molecule has 6 nitrogen and oxygen atoms in total. The second-order valence-electron chi connectivity index (χ2n) is 7.76. The van der Waals surface area contributed by atoms with Crippen molar-refractivity contribution in [2.24, 2.45) is 10.9 Å². The fourth-order valence-electron chi connectivity index (χ4n) is 3.62. The molecule has 168 valence electrons. The summed E-state index contributed by atoms with van der Waals surface area (Å²) >= 11 is 0. The van der Waals surface area contributed by atoms with Gasteiger partial charge in [-0.05, 0) is 36.6 Å². The number of hydrogen-bond acceptors (Lipinski definition) is 4. The lowest BCUT2D eigenvalue weighted by atomic mass is 10.1. The number of methoxy groups -OCH3 is 1. The Morgan fingerprint density at radius 1 is 1.10 bits per heavy atom. The number of ether oxygens (including phenoxy) is 3. The Labute approximate surface area is 186 Å². The lowest BCUT2D eigenvalue weighted by Crippen LogP contribution is -2.40. The van der Waals surface area contributed by atoms with Crippen molar-refractivity contribution >= 4 is 5.96 Å². The zero-order chi connectivity index (χ0) is 21.7. The molecule has 0 aromatic heterocycles. The molecule has 0 aliphatic carbocycles. The van der Waals surface area contributed by atoms with E-state index in [1.165, 1.54) is 0 Å². The van der Waals surface area contributed by atoms with Crippen LogP contribution in [0.25, 0.3) is 0 Å². The lowest BCUT2D eigenvalue weighted by Gasteiger charge is -2.21. The highest BCUT2D eigenvalue weighted by molar-refractivity contribution is 5.80. The average molecular weight is 426 g/mol. The zero-order valence-electron chi connectivity index (χ0n) is 18.8. The summed E-state index contributed by atoms with van der Waals surface area (Å²) < 4.78 is 16.7. The van der Waals surface area contributed by atoms with Crippen LogP contribution in [0.4, 0.5) is 0 Å². The Morgan fingerprint density at radius 2 is 1.94 bits per heavy atom. The number of rotatable bonds is 11. The van der Waals surface area contributed by atoms with Gasteiger partial charge in [-0.15, -0.1) is 0 Å². The van der Waals surface area contributed by atoms with Crippen molar-refractivity contribution in [3.05, 3.63) is 65.7 Å². The Balaban J connectivity index is 1.53. The molecular formula is C25H35N3O3. The van der Waals surface area contributed by atoms with E-state index in [2.05, 4.69) is 41.4 Å². The molecule has 0 radical (unpaired) electrons. The van der Waals surface area contributed by atoms with Crippen molar-refractivity contribution in [3.63, 3.8) is 0 Å². The van der Waals surface area contributed by atoms with Gasteiger partial charge in [-0.1, -0.05) is 42.5 Å². The quantitative estimate of drug-likeness (QED) is 0.338. The Kier molecular flexibility index (Phi) is 9.67. The molecule has 1 atom stereocenters. The van der Waals surface area contributed by atoms with Crippen LogP contribution in [0, 0.1) is 5.92 Å². The van der Waals surface area contributed by atoms with Gasteiger partial charge in [0.2, 0.25) is 0 Å². The van der Waals surface area contributed by atoms with E-state index in [9.17, 15) is 0 Å². The molecule has 6 heteroatoms. The first-order valence-corrected chi connectivity index (χ1v) is 11.1. The van der Waals surface area contributed by atoms with Crippen LogP contribution in [-0.4, -0.2) is 57.4 Å². The fraction of sp³-hybridized carbons (Fsp3) is 0.480. The molecule has 2 aromatic carbocycles. The number of guanidine groups is 1. The number of nitrogens with one attached hydrogen (secondary N) is 1. The van der Waals surface area contributed by atoms with E-state index in [1.807, 2.05) is 30.3 Å². The van der Waals surface area contributed by atoms with Crippen molar-refractivity contribution in [3.8, 4) is 5.75 Å². The largest absolute Gasteiger partial charge is 0.489 e. The van der Waals surface area contributed by atoms with Gasteiger partial charge in [0.15, 0.2) is 5.96 Å². The van der Waals surface area contributed by atoms with Crippen molar-refractivity contribution in [2.45, 2.75) is 26.5 Å². The molecule has 1 aliphatic heterocycles. The minimum Gasteiger partial charge on any atom is -0.489 e. The van der Waals surface area contributed by atoms with Gasteiger partial charge in [-0.25, -0.2) is 4.99 Å². The van der Waals surface area contributed by atoms with Gasteiger partial charge in [0.05, 0.1) is 26.4 Å². The molecule has 1 unspecified atom stereocenters. The molecule has 3 rings (SSSR count). The fourth-order valence-corrected chi connectivity index (χ4v) is 3.62. The highest BCUT2D eigenvalue weighted by Gasteiger charge is 2.24. The van der Waals surface area contributed by atoms with Crippen molar-refractivity contribution in [2.75, 3.05) is 46.6 Å². The average Bonchev–Trinajstić information content (AvgIpc) is 3.28. The van der Waals surface area contributed by atoms with E-state index in [0.717, 1.165) is 55.5 Å². The predicted octanol–water partition coefficient (Wildman–Crippen LogP) is 3.72. The standard InChI is InChI=1S/C25H35N3O3/c1-3-26-25(28-13-12-23(18-28)19-30-15-14-29-2)27-17-22-10-7-11-24(16-22)31-20-21-8-5-4-6-9-21/h4-11,16,23H,3,12-15,17-20H2,1-2H3,(H,26,27). The molecule has 0 spiro atoms. The third-order valence-electron chi connectivity index (χ3n) is 5.26. The molecule has 1 fully saturated rings. The molecule has 1 aliphatic rings. The van der Waals surface area contributed by atoms with E-state index in [1.54, 1.807) is 7.11 Å². The monoisotopic (exact) mass is 425 g/mol. The zero-order valence-corrected chi connectivity index (χ0v) is 18.8. The number of benzene rings is 2. The maximum atomic E-state index is 5.96. The molecule has 31 heavy (non-hydrogen) atoms. The maximum absolute atomic E-state index is 5.96. The van der Waals surface area contributed by atoms with Crippen LogP contribution >= 0.6 is 0 Å². The normalized spacial score (nSPS) is 16.5. The molecule has 0 bridgehead atoms. The number of aliphatic imine (C=N–C) groups is 1. The topological polar surface area (TPSA) is 55.3 Å². The molecular weight excluding hydrogens is 390 g/mol. The molecule has 1 saturated heterocycles. The summed E-state index contributed by atoms with van der Waals surface area (Å²) in [5.74, 6) is 2.38. The van der Waals surface area contributed by atoms with Crippen LogP contribution in [-0.2, 0) is 22.6 Å². The van der Waals surface area contributed by atoms with Gasteiger partial charge in [0.1, 0.15) is 12.4 Å². The van der Waals surface area contributed by atoms with Crippen molar-refractivity contribution in [1.29, 1.82) is 0 Å². The minimum absolute atomic E-state index is 0.537. The van der Waals surface area contributed by atoms with Crippen LogP contribution in [0.5, 0.6) is 5.75 Å². The Bertz CT molecular complexity index is 798. The Hall–Kier alpha value is -2.57. The lowest BCUT2D eigenvalue weighted by molar-refractivity contribution is 0.0536. The van der Waals surface area contributed by atoms with Gasteiger partial charge in [-0.2, -0.15) is 0 Å². The van der Waals surface area contributed by atoms with E-state index < -0.39 is 0 Å². The SMILES string of the molecule is CCNC(=NCc1cccc(OCc2ccccc2)c1)N1CCC(COCCOC)C1. The van der Waals surface area contributed by atoms with Gasteiger partial charge in [0.25, 0.3) is 0 Å². The molecule has 0 saturated carbocycles. The van der Waals surface area contributed by atoms with Gasteiger partial charge < -0.3 is 24.4 Å². The van der Waals surface area contributed by atoms with Crippen LogP contribution in [0.2, 0.25) is 0 Å².